The molecule has 0 radical (unpaired) electrons. The molecule has 15 heavy (non-hydrogen) atoms. The van der Waals surface area contributed by atoms with E-state index in [1.165, 1.54) is 11.1 Å². The van der Waals surface area contributed by atoms with E-state index in [1.54, 1.807) is 7.05 Å². The molecule has 0 aromatic carbocycles. The molecular weight excluding hydrogens is 196 g/mol. The molecule has 84 valence electrons. The fourth-order valence-electron chi connectivity index (χ4n) is 1.24. The first-order chi connectivity index (χ1) is 6.91. The number of nitrogens with two attached hydrogens (primary N) is 1. The fraction of sp³-hybridized carbons (Fsp3) is 0.556. The van der Waals surface area contributed by atoms with Crippen LogP contribution < -0.4 is 22.1 Å². The van der Waals surface area contributed by atoms with Crippen LogP contribution in [-0.2, 0) is 6.54 Å². The van der Waals surface area contributed by atoms with E-state index >= 15 is 0 Å². The van der Waals surface area contributed by atoms with Gasteiger partial charge in [0.1, 0.15) is 5.82 Å². The lowest BCUT2D eigenvalue weighted by molar-refractivity contribution is 0.492. The molecule has 6 nitrogen and oxygen atoms in total. The molecule has 0 atom stereocenters. The van der Waals surface area contributed by atoms with E-state index in [4.69, 9.17) is 5.84 Å². The van der Waals surface area contributed by atoms with Crippen molar-refractivity contribution in [2.75, 3.05) is 12.1 Å². The molecule has 3 N–H and O–H groups in total. The second-order valence-electron chi connectivity index (χ2n) is 3.91. The zero-order chi connectivity index (χ0) is 11.6. The number of aromatic nitrogens is 2. The number of nitrogens with zero attached hydrogens (tertiary/aromatic N) is 2. The summed E-state index contributed by atoms with van der Waals surface area (Å²) >= 11 is 0. The van der Waals surface area contributed by atoms with Gasteiger partial charge in [-0.1, -0.05) is 13.8 Å². The van der Waals surface area contributed by atoms with Crippen LogP contribution in [0.4, 0.5) is 5.82 Å². The van der Waals surface area contributed by atoms with Gasteiger partial charge in [-0.25, -0.2) is 10.6 Å². The largest absolute Gasteiger partial charge is 0.329 e. The van der Waals surface area contributed by atoms with Gasteiger partial charge in [-0.15, -0.1) is 0 Å². The van der Waals surface area contributed by atoms with Crippen LogP contribution in [0.25, 0.3) is 0 Å². The second-order valence-corrected chi connectivity index (χ2v) is 3.91. The van der Waals surface area contributed by atoms with Gasteiger partial charge in [0.05, 0.1) is 0 Å². The maximum Gasteiger partial charge on any atom is 0.329 e. The summed E-state index contributed by atoms with van der Waals surface area (Å²) in [5.41, 5.74) is -0.761. The summed E-state index contributed by atoms with van der Waals surface area (Å²) in [6.45, 7) is 4.28. The van der Waals surface area contributed by atoms with Crippen molar-refractivity contribution in [3.8, 4) is 0 Å². The van der Waals surface area contributed by atoms with E-state index in [0.717, 1.165) is 4.57 Å². The number of aromatic amines is 1. The van der Waals surface area contributed by atoms with Crippen molar-refractivity contribution in [2.24, 2.45) is 11.8 Å². The van der Waals surface area contributed by atoms with Gasteiger partial charge in [-0.05, 0) is 5.92 Å². The molecule has 0 spiro atoms. The van der Waals surface area contributed by atoms with E-state index in [1.807, 2.05) is 13.8 Å². The molecule has 1 heterocycles. The second kappa shape index (κ2) is 4.31. The van der Waals surface area contributed by atoms with Gasteiger partial charge < -0.3 is 0 Å². The SMILES string of the molecule is CC(C)Cn1c(=O)cc(N(C)N)[nH]c1=O. The highest BCUT2D eigenvalue weighted by atomic mass is 16.2. The Balaban J connectivity index is 3.22. The number of hydrazine groups is 1. The standard InChI is InChI=1S/C9H16N4O2/c1-6(2)5-13-8(14)4-7(12(3)10)11-9(13)15/h4,6H,5,10H2,1-3H3,(H,11,15). The molecule has 0 amide bonds. The van der Waals surface area contributed by atoms with Gasteiger partial charge >= 0.3 is 5.69 Å². The quantitative estimate of drug-likeness (QED) is 0.522. The molecule has 1 aromatic rings. The van der Waals surface area contributed by atoms with Crippen LogP contribution in [0.15, 0.2) is 15.7 Å². The van der Waals surface area contributed by atoms with Crippen LogP contribution in [0.2, 0.25) is 0 Å². The molecule has 0 bridgehead atoms. The summed E-state index contributed by atoms with van der Waals surface area (Å²) in [5, 5.41) is 1.20. The molecular formula is C9H16N4O2. The van der Waals surface area contributed by atoms with Crippen LogP contribution in [-0.4, -0.2) is 16.6 Å². The van der Waals surface area contributed by atoms with Crippen molar-refractivity contribution in [2.45, 2.75) is 20.4 Å². The number of nitrogens with one attached hydrogen (secondary N) is 1. The fourth-order valence-corrected chi connectivity index (χ4v) is 1.24. The van der Waals surface area contributed by atoms with E-state index < -0.39 is 5.69 Å². The molecule has 0 saturated carbocycles. The monoisotopic (exact) mass is 212 g/mol. The average Bonchev–Trinajstić information content (AvgIpc) is 2.10. The van der Waals surface area contributed by atoms with Gasteiger partial charge in [0, 0.05) is 19.7 Å². The van der Waals surface area contributed by atoms with Crippen molar-refractivity contribution in [1.82, 2.24) is 9.55 Å². The van der Waals surface area contributed by atoms with Gasteiger partial charge in [0.25, 0.3) is 5.56 Å². The van der Waals surface area contributed by atoms with E-state index in [9.17, 15) is 9.59 Å². The van der Waals surface area contributed by atoms with Gasteiger partial charge in [-0.3, -0.25) is 19.4 Å². The summed E-state index contributed by atoms with van der Waals surface area (Å²) in [4.78, 5) is 25.6. The van der Waals surface area contributed by atoms with Gasteiger partial charge in [-0.2, -0.15) is 0 Å². The Morgan fingerprint density at radius 2 is 2.13 bits per heavy atom. The van der Waals surface area contributed by atoms with E-state index in [-0.39, 0.29) is 11.5 Å². The minimum atomic E-state index is -0.427. The van der Waals surface area contributed by atoms with Crippen LogP contribution in [0, 0.1) is 5.92 Å². The number of anilines is 1. The first-order valence-corrected chi connectivity index (χ1v) is 4.74. The lowest BCUT2D eigenvalue weighted by Crippen LogP contribution is -2.39. The molecule has 0 fully saturated rings. The van der Waals surface area contributed by atoms with Crippen molar-refractivity contribution in [3.05, 3.63) is 26.9 Å². The first kappa shape index (κ1) is 11.5. The Hall–Kier alpha value is -1.56. The van der Waals surface area contributed by atoms with Gasteiger partial charge in [0.2, 0.25) is 0 Å². The minimum absolute atomic E-state index is 0.241. The summed E-state index contributed by atoms with van der Waals surface area (Å²) in [5.74, 6) is 5.97. The topological polar surface area (TPSA) is 84.1 Å². The lowest BCUT2D eigenvalue weighted by atomic mass is 10.2. The molecule has 1 rings (SSSR count). The third kappa shape index (κ3) is 2.69. The zero-order valence-corrected chi connectivity index (χ0v) is 9.15. The zero-order valence-electron chi connectivity index (χ0n) is 9.15. The Labute approximate surface area is 87.3 Å². The molecule has 0 aliphatic heterocycles. The molecule has 1 aromatic heterocycles. The normalized spacial score (nSPS) is 10.7. The smallest absolute Gasteiger partial charge is 0.299 e. The maximum absolute atomic E-state index is 11.6. The highest BCUT2D eigenvalue weighted by Crippen LogP contribution is 1.97. The molecule has 0 saturated heterocycles. The van der Waals surface area contributed by atoms with Crippen LogP contribution >= 0.6 is 0 Å². The Kier molecular flexibility index (Phi) is 3.31. The lowest BCUT2D eigenvalue weighted by Gasteiger charge is -2.13. The molecule has 0 aliphatic carbocycles. The maximum atomic E-state index is 11.6. The average molecular weight is 212 g/mol. The van der Waals surface area contributed by atoms with Crippen molar-refractivity contribution < 1.29 is 0 Å². The number of rotatable bonds is 3. The third-order valence-corrected chi connectivity index (χ3v) is 1.93. The molecule has 6 heteroatoms. The summed E-state index contributed by atoms with van der Waals surface area (Å²) < 4.78 is 1.16. The van der Waals surface area contributed by atoms with Crippen molar-refractivity contribution >= 4 is 5.82 Å². The minimum Gasteiger partial charge on any atom is -0.299 e. The van der Waals surface area contributed by atoms with Crippen LogP contribution in [0.5, 0.6) is 0 Å². The van der Waals surface area contributed by atoms with Crippen LogP contribution in [0.3, 0.4) is 0 Å². The van der Waals surface area contributed by atoms with Gasteiger partial charge in [0.15, 0.2) is 0 Å². The third-order valence-electron chi connectivity index (χ3n) is 1.93. The first-order valence-electron chi connectivity index (χ1n) is 4.74. The summed E-state index contributed by atoms with van der Waals surface area (Å²) in [7, 11) is 1.55. The van der Waals surface area contributed by atoms with E-state index in [2.05, 4.69) is 4.98 Å². The highest BCUT2D eigenvalue weighted by molar-refractivity contribution is 5.32. The summed E-state index contributed by atoms with van der Waals surface area (Å²) in [6.07, 6.45) is 0. The predicted octanol–water partition coefficient (Wildman–Crippen LogP) is -0.497. The van der Waals surface area contributed by atoms with Crippen molar-refractivity contribution in [1.29, 1.82) is 0 Å². The highest BCUT2D eigenvalue weighted by Gasteiger charge is 2.06. The van der Waals surface area contributed by atoms with E-state index in [0.29, 0.717) is 12.4 Å². The van der Waals surface area contributed by atoms with Crippen molar-refractivity contribution in [3.63, 3.8) is 0 Å². The predicted molar refractivity (Wildman–Crippen MR) is 58.8 cm³/mol. The Bertz CT molecular complexity index is 413. The number of hydrogen-bond acceptors (Lipinski definition) is 4. The molecule has 0 unspecified atom stereocenters. The van der Waals surface area contributed by atoms with Crippen LogP contribution in [0.1, 0.15) is 13.8 Å². The Morgan fingerprint density at radius 1 is 1.53 bits per heavy atom. The Morgan fingerprint density at radius 3 is 2.53 bits per heavy atom. The molecule has 0 aliphatic rings. The summed E-state index contributed by atoms with van der Waals surface area (Å²) in [6, 6.07) is 1.31. The number of hydrogen-bond donors (Lipinski definition) is 2. The number of H-pyrrole nitrogens is 1.